The fourth-order valence-electron chi connectivity index (χ4n) is 1.96. The summed E-state index contributed by atoms with van der Waals surface area (Å²) in [5, 5.41) is 0.754. The van der Waals surface area contributed by atoms with Crippen molar-refractivity contribution in [3.63, 3.8) is 0 Å². The molecule has 0 saturated heterocycles. The van der Waals surface area contributed by atoms with Gasteiger partial charge in [0.1, 0.15) is 0 Å². The predicted octanol–water partition coefficient (Wildman–Crippen LogP) is 4.36. The maximum absolute atomic E-state index is 12.3. The molecule has 1 aromatic heterocycles. The Morgan fingerprint density at radius 2 is 1.78 bits per heavy atom. The lowest BCUT2D eigenvalue weighted by molar-refractivity contribution is -0.274. The second kappa shape index (κ2) is 3.93. The Kier molecular flexibility index (Phi) is 2.80. The Balaban J connectivity index is 2.56. The standard InChI is InChI=1S/C13H14F3NO/c1-12(2,3)9-7-17-11-8(9)5-4-6-10(11)18-13(14,15)16/h4-7,17H,1-3H3. The quantitative estimate of drug-likeness (QED) is 0.806. The molecule has 0 spiro atoms. The largest absolute Gasteiger partial charge is 0.573 e. The van der Waals surface area contributed by atoms with Crippen LogP contribution in [0.15, 0.2) is 24.4 Å². The number of benzene rings is 1. The SMILES string of the molecule is CC(C)(C)c1c[nH]c2c(OC(F)(F)F)cccc12. The maximum Gasteiger partial charge on any atom is 0.573 e. The van der Waals surface area contributed by atoms with Gasteiger partial charge in [0.25, 0.3) is 0 Å². The molecule has 0 saturated carbocycles. The molecule has 0 radical (unpaired) electrons. The number of aromatic nitrogens is 1. The highest BCUT2D eigenvalue weighted by Gasteiger charge is 2.32. The van der Waals surface area contributed by atoms with Crippen LogP contribution >= 0.6 is 0 Å². The average molecular weight is 257 g/mol. The van der Waals surface area contributed by atoms with Gasteiger partial charge in [-0.2, -0.15) is 0 Å². The number of H-pyrrole nitrogens is 1. The minimum absolute atomic E-state index is 0.144. The zero-order chi connectivity index (χ0) is 13.6. The van der Waals surface area contributed by atoms with Gasteiger partial charge in [0.05, 0.1) is 5.52 Å². The number of nitrogens with one attached hydrogen (secondary N) is 1. The van der Waals surface area contributed by atoms with Gasteiger partial charge in [-0.25, -0.2) is 0 Å². The molecule has 2 nitrogen and oxygen atoms in total. The van der Waals surface area contributed by atoms with Crippen LogP contribution in [0.1, 0.15) is 26.3 Å². The molecule has 18 heavy (non-hydrogen) atoms. The number of halogens is 3. The van der Waals surface area contributed by atoms with E-state index in [0.717, 1.165) is 10.9 Å². The van der Waals surface area contributed by atoms with Gasteiger partial charge in [-0.15, -0.1) is 13.2 Å². The second-order valence-corrected chi connectivity index (χ2v) is 5.18. The van der Waals surface area contributed by atoms with Crippen LogP contribution < -0.4 is 4.74 Å². The molecular formula is C13H14F3NO. The summed E-state index contributed by atoms with van der Waals surface area (Å²) in [5.74, 6) is -0.199. The van der Waals surface area contributed by atoms with Crippen molar-refractivity contribution in [2.24, 2.45) is 0 Å². The van der Waals surface area contributed by atoms with Gasteiger partial charge in [0.2, 0.25) is 0 Å². The van der Waals surface area contributed by atoms with E-state index >= 15 is 0 Å². The Labute approximate surface area is 103 Å². The minimum atomic E-state index is -4.68. The smallest absolute Gasteiger partial charge is 0.404 e. The topological polar surface area (TPSA) is 25.0 Å². The number of hydrogen-bond acceptors (Lipinski definition) is 1. The van der Waals surface area contributed by atoms with Crippen LogP contribution in [0.25, 0.3) is 10.9 Å². The van der Waals surface area contributed by atoms with E-state index in [4.69, 9.17) is 0 Å². The number of fused-ring (bicyclic) bond motifs is 1. The van der Waals surface area contributed by atoms with Crippen LogP contribution in [0.4, 0.5) is 13.2 Å². The first-order valence-electron chi connectivity index (χ1n) is 5.55. The predicted molar refractivity (Wildman–Crippen MR) is 63.7 cm³/mol. The van der Waals surface area contributed by atoms with E-state index < -0.39 is 6.36 Å². The zero-order valence-corrected chi connectivity index (χ0v) is 10.4. The van der Waals surface area contributed by atoms with Crippen LogP contribution in [0, 0.1) is 0 Å². The zero-order valence-electron chi connectivity index (χ0n) is 10.4. The number of alkyl halides is 3. The summed E-state index contributed by atoms with van der Waals surface area (Å²) >= 11 is 0. The molecule has 0 atom stereocenters. The van der Waals surface area contributed by atoms with Crippen molar-refractivity contribution in [1.29, 1.82) is 0 Å². The number of rotatable bonds is 1. The van der Waals surface area contributed by atoms with Crippen molar-refractivity contribution >= 4 is 10.9 Å². The van der Waals surface area contributed by atoms with E-state index in [1.165, 1.54) is 6.07 Å². The van der Waals surface area contributed by atoms with Gasteiger partial charge < -0.3 is 9.72 Å². The van der Waals surface area contributed by atoms with Crippen molar-refractivity contribution in [2.45, 2.75) is 32.5 Å². The summed E-state index contributed by atoms with van der Waals surface area (Å²) in [4.78, 5) is 2.86. The molecule has 0 aliphatic heterocycles. The third-order valence-electron chi connectivity index (χ3n) is 2.71. The summed E-state index contributed by atoms with van der Waals surface area (Å²) in [7, 11) is 0. The number of aromatic amines is 1. The lowest BCUT2D eigenvalue weighted by atomic mass is 9.87. The van der Waals surface area contributed by atoms with E-state index in [-0.39, 0.29) is 11.2 Å². The molecule has 1 heterocycles. The highest BCUT2D eigenvalue weighted by molar-refractivity contribution is 5.89. The van der Waals surface area contributed by atoms with Crippen molar-refractivity contribution in [3.8, 4) is 5.75 Å². The first kappa shape index (κ1) is 12.8. The summed E-state index contributed by atoms with van der Waals surface area (Å²) in [6, 6.07) is 4.65. The van der Waals surface area contributed by atoms with Gasteiger partial charge in [-0.1, -0.05) is 32.9 Å². The van der Waals surface area contributed by atoms with E-state index in [1.54, 1.807) is 18.3 Å². The maximum atomic E-state index is 12.3. The van der Waals surface area contributed by atoms with Crippen molar-refractivity contribution in [1.82, 2.24) is 4.98 Å². The summed E-state index contributed by atoms with van der Waals surface area (Å²) in [5.41, 5.74) is 1.19. The fraction of sp³-hybridized carbons (Fsp3) is 0.385. The molecule has 0 aliphatic carbocycles. The van der Waals surface area contributed by atoms with E-state index in [2.05, 4.69) is 9.72 Å². The van der Waals surface area contributed by atoms with E-state index in [1.807, 2.05) is 20.8 Å². The number of para-hydroxylation sites is 1. The Hall–Kier alpha value is -1.65. The van der Waals surface area contributed by atoms with Crippen LogP contribution in [0.3, 0.4) is 0 Å². The van der Waals surface area contributed by atoms with Gasteiger partial charge in [-0.3, -0.25) is 0 Å². The van der Waals surface area contributed by atoms with Crippen LogP contribution in [0.2, 0.25) is 0 Å². The highest BCUT2D eigenvalue weighted by atomic mass is 19.4. The molecule has 0 aliphatic rings. The Morgan fingerprint density at radius 1 is 1.11 bits per heavy atom. The van der Waals surface area contributed by atoms with E-state index in [9.17, 15) is 13.2 Å². The van der Waals surface area contributed by atoms with Gasteiger partial charge in [0, 0.05) is 11.6 Å². The molecule has 5 heteroatoms. The molecule has 2 aromatic rings. The van der Waals surface area contributed by atoms with Crippen molar-refractivity contribution in [3.05, 3.63) is 30.0 Å². The Bertz CT molecular complexity index is 564. The normalized spacial score (nSPS) is 13.0. The third-order valence-corrected chi connectivity index (χ3v) is 2.71. The lowest BCUT2D eigenvalue weighted by Crippen LogP contribution is -2.17. The van der Waals surface area contributed by atoms with Crippen LogP contribution in [-0.4, -0.2) is 11.3 Å². The monoisotopic (exact) mass is 257 g/mol. The van der Waals surface area contributed by atoms with Crippen LogP contribution in [-0.2, 0) is 5.41 Å². The van der Waals surface area contributed by atoms with E-state index in [0.29, 0.717) is 5.52 Å². The molecule has 0 bridgehead atoms. The highest BCUT2D eigenvalue weighted by Crippen LogP contribution is 2.35. The first-order valence-corrected chi connectivity index (χ1v) is 5.55. The first-order chi connectivity index (χ1) is 8.18. The average Bonchev–Trinajstić information content (AvgIpc) is 2.58. The molecule has 1 aromatic carbocycles. The van der Waals surface area contributed by atoms with Crippen molar-refractivity contribution < 1.29 is 17.9 Å². The van der Waals surface area contributed by atoms with Gasteiger partial charge in [0.15, 0.2) is 5.75 Å². The van der Waals surface area contributed by atoms with Crippen LogP contribution in [0.5, 0.6) is 5.75 Å². The van der Waals surface area contributed by atoms with Gasteiger partial charge in [-0.05, 0) is 17.0 Å². The third kappa shape index (κ3) is 2.44. The molecular weight excluding hydrogens is 243 g/mol. The molecule has 0 unspecified atom stereocenters. The fourth-order valence-corrected chi connectivity index (χ4v) is 1.96. The molecule has 0 fully saturated rings. The van der Waals surface area contributed by atoms with Crippen molar-refractivity contribution in [2.75, 3.05) is 0 Å². The molecule has 98 valence electrons. The lowest BCUT2D eigenvalue weighted by Gasteiger charge is -2.17. The summed E-state index contributed by atoms with van der Waals surface area (Å²) in [6.45, 7) is 6.02. The number of ether oxygens (including phenoxy) is 1. The summed E-state index contributed by atoms with van der Waals surface area (Å²) < 4.78 is 40.8. The molecule has 0 amide bonds. The number of hydrogen-bond donors (Lipinski definition) is 1. The van der Waals surface area contributed by atoms with Gasteiger partial charge >= 0.3 is 6.36 Å². The molecule has 1 N–H and O–H groups in total. The Morgan fingerprint density at radius 3 is 2.33 bits per heavy atom. The summed E-state index contributed by atoms with van der Waals surface area (Å²) in [6.07, 6.45) is -2.95. The molecule has 2 rings (SSSR count). The second-order valence-electron chi connectivity index (χ2n) is 5.18. The minimum Gasteiger partial charge on any atom is -0.404 e.